The van der Waals surface area contributed by atoms with Crippen molar-refractivity contribution in [3.63, 3.8) is 0 Å². The van der Waals surface area contributed by atoms with Crippen molar-refractivity contribution in [2.75, 3.05) is 0 Å². The minimum absolute atomic E-state index is 0.577. The summed E-state index contributed by atoms with van der Waals surface area (Å²) < 4.78 is 4.69. The molecule has 0 radical (unpaired) electrons. The molecule has 57 heavy (non-hydrogen) atoms. The summed E-state index contributed by atoms with van der Waals surface area (Å²) in [7, 11) is 0. The first-order valence-electron chi connectivity index (χ1n) is 19.2. The largest absolute Gasteiger partial charge is 0.278 e. The summed E-state index contributed by atoms with van der Waals surface area (Å²) in [4.78, 5) is 16.0. The van der Waals surface area contributed by atoms with Crippen LogP contribution in [0, 0.1) is 0 Å². The molecular weight excluding hydrogens is 713 g/mol. The van der Waals surface area contributed by atoms with Gasteiger partial charge in [0.2, 0.25) is 5.95 Å². The van der Waals surface area contributed by atoms with Crippen LogP contribution in [0.5, 0.6) is 0 Å². The first kappa shape index (κ1) is 33.2. The molecule has 0 bridgehead atoms. The summed E-state index contributed by atoms with van der Waals surface area (Å²) in [5, 5.41) is 4.75. The van der Waals surface area contributed by atoms with Crippen LogP contribution in [0.4, 0.5) is 0 Å². The van der Waals surface area contributed by atoms with Crippen LogP contribution >= 0.6 is 11.3 Å². The van der Waals surface area contributed by atoms with Crippen LogP contribution in [0.15, 0.2) is 206 Å². The van der Waals surface area contributed by atoms with Crippen LogP contribution in [0.2, 0.25) is 0 Å². The van der Waals surface area contributed by atoms with Crippen LogP contribution in [0.3, 0.4) is 0 Å². The molecular formula is C52H34N4S. The molecule has 268 valence electrons. The molecule has 0 aliphatic rings. The summed E-state index contributed by atoms with van der Waals surface area (Å²) in [6, 6.07) is 73.4. The highest BCUT2D eigenvalue weighted by Gasteiger charge is 2.38. The highest BCUT2D eigenvalue weighted by molar-refractivity contribution is 7.25. The van der Waals surface area contributed by atoms with E-state index >= 15 is 0 Å². The van der Waals surface area contributed by atoms with E-state index in [1.807, 2.05) is 11.3 Å². The van der Waals surface area contributed by atoms with Gasteiger partial charge in [-0.2, -0.15) is 9.97 Å². The molecule has 0 atom stereocenters. The summed E-state index contributed by atoms with van der Waals surface area (Å²) in [6.45, 7) is 0. The number of rotatable bonds is 7. The molecule has 0 aliphatic carbocycles. The van der Waals surface area contributed by atoms with Crippen molar-refractivity contribution in [1.29, 1.82) is 0 Å². The second-order valence-electron chi connectivity index (χ2n) is 14.4. The topological polar surface area (TPSA) is 43.6 Å². The van der Waals surface area contributed by atoms with Crippen molar-refractivity contribution in [1.82, 2.24) is 19.5 Å². The summed E-state index contributed by atoms with van der Waals surface area (Å²) >= 11 is 1.81. The number of aromatic nitrogens is 4. The molecule has 5 heteroatoms. The number of fused-ring (bicyclic) bond motifs is 6. The zero-order valence-electron chi connectivity index (χ0n) is 30.8. The third-order valence-corrected chi connectivity index (χ3v) is 12.4. The Bertz CT molecular complexity index is 3090. The first-order valence-corrected chi connectivity index (χ1v) is 20.0. The summed E-state index contributed by atoms with van der Waals surface area (Å²) in [5.41, 5.74) is 7.99. The smallest absolute Gasteiger partial charge is 0.238 e. The highest BCUT2D eigenvalue weighted by Crippen LogP contribution is 2.46. The Morgan fingerprint density at radius 1 is 0.351 bits per heavy atom. The highest BCUT2D eigenvalue weighted by atomic mass is 32.1. The van der Waals surface area contributed by atoms with Gasteiger partial charge in [-0.3, -0.25) is 4.57 Å². The molecule has 3 aromatic heterocycles. The van der Waals surface area contributed by atoms with Gasteiger partial charge in [0, 0.05) is 42.1 Å². The number of hydrogen-bond acceptors (Lipinski definition) is 4. The quantitative estimate of drug-likeness (QED) is 0.153. The molecule has 8 aromatic carbocycles. The second kappa shape index (κ2) is 13.5. The van der Waals surface area contributed by atoms with Crippen LogP contribution in [0.25, 0.3) is 70.7 Å². The third-order valence-electron chi connectivity index (χ3n) is 11.2. The van der Waals surface area contributed by atoms with E-state index in [0.717, 1.165) is 38.5 Å². The van der Waals surface area contributed by atoms with Crippen molar-refractivity contribution >= 4 is 53.3 Å². The predicted molar refractivity (Wildman–Crippen MR) is 236 cm³/mol. The van der Waals surface area contributed by atoms with Gasteiger partial charge in [-0.15, -0.1) is 11.3 Å². The lowest BCUT2D eigenvalue weighted by Crippen LogP contribution is -2.31. The average molecular weight is 747 g/mol. The van der Waals surface area contributed by atoms with Gasteiger partial charge in [-0.1, -0.05) is 164 Å². The Balaban J connectivity index is 1.18. The fourth-order valence-corrected chi connectivity index (χ4v) is 9.77. The molecule has 0 N–H and O–H groups in total. The molecule has 4 nitrogen and oxygen atoms in total. The molecule has 0 saturated carbocycles. The zero-order valence-corrected chi connectivity index (χ0v) is 31.6. The Kier molecular flexibility index (Phi) is 7.86. The van der Waals surface area contributed by atoms with Gasteiger partial charge < -0.3 is 0 Å². The molecule has 0 spiro atoms. The molecule has 11 aromatic rings. The van der Waals surface area contributed by atoms with Gasteiger partial charge in [0.25, 0.3) is 0 Å². The molecule has 0 saturated heterocycles. The molecule has 3 heterocycles. The number of benzene rings is 8. The van der Waals surface area contributed by atoms with Gasteiger partial charge in [0.1, 0.15) is 0 Å². The van der Waals surface area contributed by atoms with Crippen LogP contribution in [-0.2, 0) is 5.41 Å². The predicted octanol–water partition coefficient (Wildman–Crippen LogP) is 13.1. The SMILES string of the molecule is c1ccc(C(c2ccccc2)(c2ccccc2)c2cccc(-c3nc(-c4ccc5sc6ccccc6c5c4)nc(-n4c5ccccc5c5ccccc54)n3)c2)cc1. The van der Waals surface area contributed by atoms with Crippen molar-refractivity contribution in [2.24, 2.45) is 0 Å². The van der Waals surface area contributed by atoms with Gasteiger partial charge in [-0.05, 0) is 64.7 Å². The maximum atomic E-state index is 5.36. The van der Waals surface area contributed by atoms with Crippen molar-refractivity contribution in [3.8, 4) is 28.7 Å². The number of nitrogens with zero attached hydrogens (tertiary/aromatic N) is 4. The van der Waals surface area contributed by atoms with Crippen LogP contribution in [0.1, 0.15) is 22.3 Å². The average Bonchev–Trinajstić information content (AvgIpc) is 3.83. The molecule has 0 amide bonds. The normalized spacial score (nSPS) is 11.9. The monoisotopic (exact) mass is 746 g/mol. The minimum Gasteiger partial charge on any atom is -0.278 e. The van der Waals surface area contributed by atoms with Crippen molar-refractivity contribution in [3.05, 3.63) is 229 Å². The molecule has 0 fully saturated rings. The fourth-order valence-electron chi connectivity index (χ4n) is 8.68. The van der Waals surface area contributed by atoms with E-state index in [-0.39, 0.29) is 0 Å². The van der Waals surface area contributed by atoms with Crippen LogP contribution < -0.4 is 0 Å². The molecule has 0 unspecified atom stereocenters. The van der Waals surface area contributed by atoms with E-state index in [2.05, 4.69) is 211 Å². The van der Waals surface area contributed by atoms with Gasteiger partial charge in [-0.25, -0.2) is 4.98 Å². The number of hydrogen-bond donors (Lipinski definition) is 0. The molecule has 0 aliphatic heterocycles. The zero-order chi connectivity index (χ0) is 37.8. The van der Waals surface area contributed by atoms with E-state index < -0.39 is 5.41 Å². The number of para-hydroxylation sites is 2. The lowest BCUT2D eigenvalue weighted by Gasteiger charge is -2.37. The lowest BCUT2D eigenvalue weighted by molar-refractivity contribution is 0.745. The van der Waals surface area contributed by atoms with E-state index in [4.69, 9.17) is 15.0 Å². The standard InChI is InChI=1S/C52H34N4S/c1-4-18-37(19-5-1)52(38-20-6-2-7-21-38,39-22-8-3-9-23-39)40-24-16-17-35(33-40)49-53-50(36-31-32-48-44(34-36)43-27-12-15-30-47(43)57-48)55-51(54-49)56-45-28-13-10-25-41(45)42-26-11-14-29-46(42)56/h1-34H. The second-order valence-corrected chi connectivity index (χ2v) is 15.5. The Labute approximate surface area is 334 Å². The third kappa shape index (κ3) is 5.39. The number of thiophene rings is 1. The van der Waals surface area contributed by atoms with E-state index in [0.29, 0.717) is 17.6 Å². The first-order chi connectivity index (χ1) is 28.3. The van der Waals surface area contributed by atoms with Crippen LogP contribution in [-0.4, -0.2) is 19.5 Å². The Morgan fingerprint density at radius 2 is 0.825 bits per heavy atom. The van der Waals surface area contributed by atoms with Gasteiger partial charge >= 0.3 is 0 Å². The molecule has 11 rings (SSSR count). The van der Waals surface area contributed by atoms with Crippen molar-refractivity contribution in [2.45, 2.75) is 5.41 Å². The Morgan fingerprint density at radius 3 is 1.42 bits per heavy atom. The summed E-state index contributed by atoms with van der Waals surface area (Å²) in [5.74, 6) is 1.81. The fraction of sp³-hybridized carbons (Fsp3) is 0.0192. The van der Waals surface area contributed by atoms with E-state index in [1.54, 1.807) is 0 Å². The lowest BCUT2D eigenvalue weighted by atomic mass is 9.65. The maximum absolute atomic E-state index is 5.36. The van der Waals surface area contributed by atoms with E-state index in [1.165, 1.54) is 36.9 Å². The Hall–Kier alpha value is -7.21. The van der Waals surface area contributed by atoms with Gasteiger partial charge in [0.05, 0.1) is 16.4 Å². The summed E-state index contributed by atoms with van der Waals surface area (Å²) in [6.07, 6.45) is 0. The minimum atomic E-state index is -0.615. The van der Waals surface area contributed by atoms with Crippen molar-refractivity contribution < 1.29 is 0 Å². The maximum Gasteiger partial charge on any atom is 0.238 e. The van der Waals surface area contributed by atoms with E-state index in [9.17, 15) is 0 Å². The van der Waals surface area contributed by atoms with Gasteiger partial charge in [0.15, 0.2) is 11.6 Å².